The number of benzene rings is 1. The van der Waals surface area contributed by atoms with E-state index >= 15 is 0 Å². The van der Waals surface area contributed by atoms with Crippen LogP contribution in [0.5, 0.6) is 0 Å². The topological polar surface area (TPSA) is 17.8 Å². The molecule has 1 aromatic heterocycles. The Morgan fingerprint density at radius 3 is 2.73 bits per heavy atom. The van der Waals surface area contributed by atoms with Gasteiger partial charge in [-0.3, -0.25) is 0 Å². The van der Waals surface area contributed by atoms with E-state index in [-0.39, 0.29) is 0 Å². The molecule has 3 heteroatoms. The molecule has 0 saturated carbocycles. The Bertz CT molecular complexity index is 448. The summed E-state index contributed by atoms with van der Waals surface area (Å²) >= 11 is 5.73. The van der Waals surface area contributed by atoms with Gasteiger partial charge in [0.15, 0.2) is 0 Å². The molecule has 0 fully saturated rings. The van der Waals surface area contributed by atoms with Crippen molar-refractivity contribution in [3.63, 3.8) is 0 Å². The Hall–Kier alpha value is -1.28. The summed E-state index contributed by atoms with van der Waals surface area (Å²) in [5.74, 6) is 0.460. The van der Waals surface area contributed by atoms with Crippen molar-refractivity contribution < 1.29 is 0 Å². The standard InChI is InChI=1S/C12H13ClN2/c1-2-10-5-3-4-6-12(10)15-8-7-11(9-13)14-15/h3-8H,2,9H2,1H3. The maximum atomic E-state index is 5.73. The van der Waals surface area contributed by atoms with Crippen molar-refractivity contribution >= 4 is 11.6 Å². The van der Waals surface area contributed by atoms with E-state index < -0.39 is 0 Å². The molecule has 0 radical (unpaired) electrons. The van der Waals surface area contributed by atoms with E-state index in [2.05, 4.69) is 24.2 Å². The molecule has 2 nitrogen and oxygen atoms in total. The number of alkyl halides is 1. The van der Waals surface area contributed by atoms with E-state index in [4.69, 9.17) is 11.6 Å². The Morgan fingerprint density at radius 2 is 2.07 bits per heavy atom. The average Bonchev–Trinajstić information content (AvgIpc) is 2.77. The lowest BCUT2D eigenvalue weighted by molar-refractivity contribution is 0.844. The summed E-state index contributed by atoms with van der Waals surface area (Å²) in [4.78, 5) is 0. The van der Waals surface area contributed by atoms with E-state index in [1.165, 1.54) is 5.56 Å². The first kappa shape index (κ1) is 10.2. The fraction of sp³-hybridized carbons (Fsp3) is 0.250. The Balaban J connectivity index is 2.44. The van der Waals surface area contributed by atoms with Crippen LogP contribution in [-0.2, 0) is 12.3 Å². The number of hydrogen-bond donors (Lipinski definition) is 0. The average molecular weight is 221 g/mol. The predicted molar refractivity (Wildman–Crippen MR) is 62.5 cm³/mol. The highest BCUT2D eigenvalue weighted by Gasteiger charge is 2.03. The number of hydrogen-bond acceptors (Lipinski definition) is 1. The van der Waals surface area contributed by atoms with E-state index in [9.17, 15) is 0 Å². The van der Waals surface area contributed by atoms with Crippen LogP contribution >= 0.6 is 11.6 Å². The molecule has 2 aromatic rings. The third-order valence-corrected chi connectivity index (χ3v) is 2.67. The second-order valence-electron chi connectivity index (χ2n) is 3.37. The van der Waals surface area contributed by atoms with Crippen molar-refractivity contribution in [1.82, 2.24) is 9.78 Å². The van der Waals surface area contributed by atoms with Gasteiger partial charge in [-0.2, -0.15) is 5.10 Å². The molecule has 1 heterocycles. The third-order valence-electron chi connectivity index (χ3n) is 2.40. The lowest BCUT2D eigenvalue weighted by Crippen LogP contribution is -1.99. The van der Waals surface area contributed by atoms with Crippen molar-refractivity contribution in [3.8, 4) is 5.69 Å². The molecule has 0 atom stereocenters. The van der Waals surface area contributed by atoms with E-state index in [0.29, 0.717) is 5.88 Å². The minimum atomic E-state index is 0.460. The van der Waals surface area contributed by atoms with Crippen LogP contribution in [0.2, 0.25) is 0 Å². The molecule has 15 heavy (non-hydrogen) atoms. The van der Waals surface area contributed by atoms with Gasteiger partial charge >= 0.3 is 0 Å². The summed E-state index contributed by atoms with van der Waals surface area (Å²) in [7, 11) is 0. The molecule has 0 aliphatic carbocycles. The van der Waals surface area contributed by atoms with Gasteiger partial charge in [-0.05, 0) is 24.1 Å². The van der Waals surface area contributed by atoms with Crippen LogP contribution in [0.3, 0.4) is 0 Å². The molecule has 0 bridgehead atoms. The maximum Gasteiger partial charge on any atom is 0.0776 e. The van der Waals surface area contributed by atoms with Crippen molar-refractivity contribution in [2.24, 2.45) is 0 Å². The van der Waals surface area contributed by atoms with Crippen LogP contribution in [0.1, 0.15) is 18.2 Å². The second kappa shape index (κ2) is 4.49. The van der Waals surface area contributed by atoms with Crippen molar-refractivity contribution in [3.05, 3.63) is 47.8 Å². The highest BCUT2D eigenvalue weighted by atomic mass is 35.5. The molecule has 78 valence electrons. The minimum absolute atomic E-state index is 0.460. The highest BCUT2D eigenvalue weighted by molar-refractivity contribution is 6.16. The first-order valence-corrected chi connectivity index (χ1v) is 5.57. The van der Waals surface area contributed by atoms with E-state index in [1.807, 2.05) is 29.1 Å². The molecular formula is C12H13ClN2. The molecule has 0 N–H and O–H groups in total. The number of para-hydroxylation sites is 1. The largest absolute Gasteiger partial charge is 0.240 e. The zero-order valence-electron chi connectivity index (χ0n) is 8.65. The summed E-state index contributed by atoms with van der Waals surface area (Å²) in [5.41, 5.74) is 3.33. The molecule has 0 unspecified atom stereocenters. The molecule has 0 amide bonds. The molecule has 1 aromatic carbocycles. The quantitative estimate of drug-likeness (QED) is 0.727. The van der Waals surface area contributed by atoms with Gasteiger partial charge in [0.05, 0.1) is 17.3 Å². The van der Waals surface area contributed by atoms with Gasteiger partial charge in [0.2, 0.25) is 0 Å². The van der Waals surface area contributed by atoms with Crippen molar-refractivity contribution in [2.75, 3.05) is 0 Å². The SMILES string of the molecule is CCc1ccccc1-n1ccc(CCl)n1. The zero-order valence-corrected chi connectivity index (χ0v) is 9.41. The van der Waals surface area contributed by atoms with E-state index in [0.717, 1.165) is 17.8 Å². The third kappa shape index (κ3) is 2.05. The van der Waals surface area contributed by atoms with Gasteiger partial charge in [-0.1, -0.05) is 25.1 Å². The summed E-state index contributed by atoms with van der Waals surface area (Å²) in [5, 5.41) is 4.39. The molecule has 0 aliphatic heterocycles. The molecule has 0 spiro atoms. The minimum Gasteiger partial charge on any atom is -0.240 e. The Labute approximate surface area is 94.5 Å². The van der Waals surface area contributed by atoms with Crippen LogP contribution in [0.4, 0.5) is 0 Å². The smallest absolute Gasteiger partial charge is 0.0776 e. The number of aryl methyl sites for hydroxylation is 1. The lowest BCUT2D eigenvalue weighted by Gasteiger charge is -2.06. The Kier molecular flexibility index (Phi) is 3.07. The monoisotopic (exact) mass is 220 g/mol. The molecule has 0 saturated heterocycles. The predicted octanol–water partition coefficient (Wildman–Crippen LogP) is 3.17. The number of rotatable bonds is 3. The van der Waals surface area contributed by atoms with Gasteiger partial charge in [-0.25, -0.2) is 4.68 Å². The Morgan fingerprint density at radius 1 is 1.27 bits per heavy atom. The molecule has 2 rings (SSSR count). The highest BCUT2D eigenvalue weighted by Crippen LogP contribution is 2.14. The van der Waals surface area contributed by atoms with Crippen molar-refractivity contribution in [2.45, 2.75) is 19.2 Å². The summed E-state index contributed by atoms with van der Waals surface area (Å²) < 4.78 is 1.89. The zero-order chi connectivity index (χ0) is 10.7. The van der Waals surface area contributed by atoms with Crippen LogP contribution in [-0.4, -0.2) is 9.78 Å². The molecular weight excluding hydrogens is 208 g/mol. The van der Waals surface area contributed by atoms with Crippen LogP contribution in [0.25, 0.3) is 5.69 Å². The van der Waals surface area contributed by atoms with Crippen LogP contribution < -0.4 is 0 Å². The summed E-state index contributed by atoms with van der Waals surface area (Å²) in [6.07, 6.45) is 2.96. The first-order chi connectivity index (χ1) is 7.35. The normalized spacial score (nSPS) is 10.5. The summed E-state index contributed by atoms with van der Waals surface area (Å²) in [6.45, 7) is 2.14. The van der Waals surface area contributed by atoms with Gasteiger partial charge in [0.25, 0.3) is 0 Å². The first-order valence-electron chi connectivity index (χ1n) is 5.04. The second-order valence-corrected chi connectivity index (χ2v) is 3.63. The summed E-state index contributed by atoms with van der Waals surface area (Å²) in [6, 6.07) is 10.2. The number of aromatic nitrogens is 2. The fourth-order valence-electron chi connectivity index (χ4n) is 1.60. The van der Waals surface area contributed by atoms with Crippen molar-refractivity contribution in [1.29, 1.82) is 0 Å². The maximum absolute atomic E-state index is 5.73. The number of nitrogens with zero attached hydrogens (tertiary/aromatic N) is 2. The fourth-order valence-corrected chi connectivity index (χ4v) is 1.74. The van der Waals surface area contributed by atoms with Gasteiger partial charge in [0.1, 0.15) is 0 Å². The van der Waals surface area contributed by atoms with Crippen LogP contribution in [0, 0.1) is 0 Å². The lowest BCUT2D eigenvalue weighted by atomic mass is 10.1. The van der Waals surface area contributed by atoms with Gasteiger partial charge in [0, 0.05) is 6.20 Å². The van der Waals surface area contributed by atoms with Gasteiger partial charge in [-0.15, -0.1) is 11.6 Å². The molecule has 0 aliphatic rings. The van der Waals surface area contributed by atoms with Gasteiger partial charge < -0.3 is 0 Å². The van der Waals surface area contributed by atoms with Crippen LogP contribution in [0.15, 0.2) is 36.5 Å². The number of halogens is 1. The van der Waals surface area contributed by atoms with E-state index in [1.54, 1.807) is 0 Å².